The first kappa shape index (κ1) is 12.3. The van der Waals surface area contributed by atoms with Crippen molar-refractivity contribution in [2.24, 2.45) is 5.92 Å². The number of hydrogen-bond donors (Lipinski definition) is 1. The molecule has 16 heavy (non-hydrogen) atoms. The number of rotatable bonds is 6. The Hall–Kier alpha value is -0.120. The first-order valence-corrected chi connectivity index (χ1v) is 6.61. The van der Waals surface area contributed by atoms with Crippen molar-refractivity contribution in [1.29, 1.82) is 0 Å². The van der Waals surface area contributed by atoms with Gasteiger partial charge in [-0.15, -0.1) is 0 Å². The fraction of sp³-hybridized carbons (Fsp3) is 1.00. The zero-order valence-electron chi connectivity index (χ0n) is 10.6. The molecular weight excluding hydrogens is 202 g/mol. The van der Waals surface area contributed by atoms with Crippen LogP contribution in [0, 0.1) is 5.92 Å². The van der Waals surface area contributed by atoms with Crippen LogP contribution in [0.5, 0.6) is 0 Å². The molecule has 2 aliphatic rings. The predicted molar refractivity (Wildman–Crippen MR) is 64.6 cm³/mol. The Morgan fingerprint density at radius 1 is 1.06 bits per heavy atom. The Bertz CT molecular complexity index is 198. The van der Waals surface area contributed by atoms with E-state index < -0.39 is 0 Å². The Morgan fingerprint density at radius 3 is 2.25 bits per heavy atom. The molecule has 0 spiro atoms. The molecule has 0 aromatic heterocycles. The molecule has 0 aliphatic heterocycles. The molecule has 2 aliphatic carbocycles. The van der Waals surface area contributed by atoms with Gasteiger partial charge in [-0.2, -0.15) is 0 Å². The van der Waals surface area contributed by atoms with Crippen molar-refractivity contribution >= 4 is 0 Å². The summed E-state index contributed by atoms with van der Waals surface area (Å²) in [6.07, 6.45) is 8.19. The largest absolute Gasteiger partial charge is 0.383 e. The van der Waals surface area contributed by atoms with E-state index >= 15 is 0 Å². The summed E-state index contributed by atoms with van der Waals surface area (Å²) in [7, 11) is 3.63. The molecule has 2 rings (SSSR count). The van der Waals surface area contributed by atoms with Gasteiger partial charge in [0.25, 0.3) is 0 Å². The van der Waals surface area contributed by atoms with Gasteiger partial charge in [0.1, 0.15) is 0 Å². The summed E-state index contributed by atoms with van der Waals surface area (Å²) in [5.41, 5.74) is 0. The average molecular weight is 227 g/mol. The molecule has 0 aromatic rings. The number of nitrogens with one attached hydrogen (secondary N) is 1. The van der Waals surface area contributed by atoms with Crippen molar-refractivity contribution in [3.8, 4) is 0 Å². The van der Waals surface area contributed by atoms with Gasteiger partial charge in [-0.05, 0) is 44.4 Å². The zero-order valence-corrected chi connectivity index (χ0v) is 10.6. The number of ether oxygens (including phenoxy) is 2. The summed E-state index contributed by atoms with van der Waals surface area (Å²) in [6.45, 7) is 0.870. The van der Waals surface area contributed by atoms with Gasteiger partial charge in [-0.25, -0.2) is 0 Å². The quantitative estimate of drug-likeness (QED) is 0.752. The van der Waals surface area contributed by atoms with Crippen LogP contribution < -0.4 is 5.32 Å². The minimum Gasteiger partial charge on any atom is -0.383 e. The molecule has 1 unspecified atom stereocenters. The molecule has 2 fully saturated rings. The van der Waals surface area contributed by atoms with Gasteiger partial charge in [0, 0.05) is 26.3 Å². The molecule has 3 heteroatoms. The zero-order chi connectivity index (χ0) is 11.4. The van der Waals surface area contributed by atoms with Gasteiger partial charge in [0.15, 0.2) is 0 Å². The number of hydrogen-bond acceptors (Lipinski definition) is 3. The van der Waals surface area contributed by atoms with E-state index in [2.05, 4.69) is 5.32 Å². The lowest BCUT2D eigenvalue weighted by molar-refractivity contribution is 0.0576. The summed E-state index contributed by atoms with van der Waals surface area (Å²) in [5, 5.41) is 3.78. The Morgan fingerprint density at radius 2 is 1.75 bits per heavy atom. The monoisotopic (exact) mass is 227 g/mol. The fourth-order valence-corrected chi connectivity index (χ4v) is 2.77. The third-order valence-electron chi connectivity index (χ3n) is 3.99. The molecular formula is C13H25NO2. The second-order valence-electron chi connectivity index (χ2n) is 5.28. The van der Waals surface area contributed by atoms with E-state index in [1.807, 2.05) is 7.11 Å². The SMILES string of the molecule is COCC(NC1CCC(OC)CC1)C1CC1. The van der Waals surface area contributed by atoms with Crippen molar-refractivity contribution < 1.29 is 9.47 Å². The topological polar surface area (TPSA) is 30.5 Å². The average Bonchev–Trinajstić information content (AvgIpc) is 3.13. The van der Waals surface area contributed by atoms with E-state index in [9.17, 15) is 0 Å². The van der Waals surface area contributed by atoms with Gasteiger partial charge in [0.2, 0.25) is 0 Å². The van der Waals surface area contributed by atoms with Crippen molar-refractivity contribution in [2.45, 2.75) is 56.7 Å². The summed E-state index contributed by atoms with van der Waals surface area (Å²) in [5.74, 6) is 0.875. The van der Waals surface area contributed by atoms with Gasteiger partial charge in [0.05, 0.1) is 12.7 Å². The highest BCUT2D eigenvalue weighted by Crippen LogP contribution is 2.33. The summed E-state index contributed by atoms with van der Waals surface area (Å²) < 4.78 is 10.7. The second kappa shape index (κ2) is 5.99. The third-order valence-corrected chi connectivity index (χ3v) is 3.99. The smallest absolute Gasteiger partial charge is 0.0618 e. The molecule has 2 saturated carbocycles. The predicted octanol–water partition coefficient (Wildman–Crippen LogP) is 1.96. The maximum Gasteiger partial charge on any atom is 0.0618 e. The van der Waals surface area contributed by atoms with E-state index in [0.717, 1.165) is 12.5 Å². The van der Waals surface area contributed by atoms with Crippen molar-refractivity contribution in [3.63, 3.8) is 0 Å². The molecule has 1 N–H and O–H groups in total. The highest BCUT2D eigenvalue weighted by molar-refractivity contribution is 4.89. The lowest BCUT2D eigenvalue weighted by Gasteiger charge is -2.31. The Balaban J connectivity index is 1.71. The van der Waals surface area contributed by atoms with Crippen LogP contribution in [0.2, 0.25) is 0 Å². The second-order valence-corrected chi connectivity index (χ2v) is 5.28. The van der Waals surface area contributed by atoms with Crippen LogP contribution >= 0.6 is 0 Å². The summed E-state index contributed by atoms with van der Waals surface area (Å²) in [4.78, 5) is 0. The van der Waals surface area contributed by atoms with Crippen LogP contribution in [0.25, 0.3) is 0 Å². The molecule has 0 bridgehead atoms. The number of methoxy groups -OCH3 is 2. The van der Waals surface area contributed by atoms with Gasteiger partial charge >= 0.3 is 0 Å². The minimum atomic E-state index is 0.500. The minimum absolute atomic E-state index is 0.500. The van der Waals surface area contributed by atoms with Crippen molar-refractivity contribution in [1.82, 2.24) is 5.32 Å². The van der Waals surface area contributed by atoms with E-state index in [1.165, 1.54) is 38.5 Å². The lowest BCUT2D eigenvalue weighted by Crippen LogP contribution is -2.44. The normalized spacial score (nSPS) is 32.6. The fourth-order valence-electron chi connectivity index (χ4n) is 2.77. The summed E-state index contributed by atoms with van der Waals surface area (Å²) in [6, 6.07) is 1.28. The maximum atomic E-state index is 5.40. The lowest BCUT2D eigenvalue weighted by atomic mass is 9.92. The first-order valence-electron chi connectivity index (χ1n) is 6.61. The summed E-state index contributed by atoms with van der Waals surface area (Å²) >= 11 is 0. The van der Waals surface area contributed by atoms with E-state index in [4.69, 9.17) is 9.47 Å². The van der Waals surface area contributed by atoms with Crippen LogP contribution in [0.3, 0.4) is 0 Å². The molecule has 1 atom stereocenters. The molecule has 0 amide bonds. The highest BCUT2D eigenvalue weighted by atomic mass is 16.5. The van der Waals surface area contributed by atoms with E-state index in [1.54, 1.807) is 7.11 Å². The first-order chi connectivity index (χ1) is 7.83. The molecule has 0 radical (unpaired) electrons. The van der Waals surface area contributed by atoms with Crippen LogP contribution in [0.1, 0.15) is 38.5 Å². The molecule has 3 nitrogen and oxygen atoms in total. The van der Waals surface area contributed by atoms with Crippen LogP contribution in [0.15, 0.2) is 0 Å². The van der Waals surface area contributed by atoms with Crippen LogP contribution in [0.4, 0.5) is 0 Å². The molecule has 0 aromatic carbocycles. The molecule has 0 heterocycles. The highest BCUT2D eigenvalue weighted by Gasteiger charge is 2.33. The van der Waals surface area contributed by atoms with Crippen molar-refractivity contribution in [3.05, 3.63) is 0 Å². The standard InChI is InChI=1S/C13H25NO2/c1-15-9-13(10-3-4-10)14-11-5-7-12(16-2)8-6-11/h10-14H,3-9H2,1-2H3. The molecule has 0 saturated heterocycles. The van der Waals surface area contributed by atoms with Gasteiger partial charge in [-0.1, -0.05) is 0 Å². The Kier molecular flexibility index (Phi) is 4.62. The van der Waals surface area contributed by atoms with Gasteiger partial charge in [-0.3, -0.25) is 0 Å². The van der Waals surface area contributed by atoms with Crippen molar-refractivity contribution in [2.75, 3.05) is 20.8 Å². The van der Waals surface area contributed by atoms with Crippen LogP contribution in [-0.2, 0) is 9.47 Å². The third kappa shape index (κ3) is 3.44. The van der Waals surface area contributed by atoms with Gasteiger partial charge < -0.3 is 14.8 Å². The Labute approximate surface area is 98.9 Å². The maximum absolute atomic E-state index is 5.40. The van der Waals surface area contributed by atoms with E-state index in [-0.39, 0.29) is 0 Å². The van der Waals surface area contributed by atoms with E-state index in [0.29, 0.717) is 18.2 Å². The van der Waals surface area contributed by atoms with Crippen LogP contribution in [-0.4, -0.2) is 39.0 Å². The molecule has 94 valence electrons.